The maximum atomic E-state index is 13.0. The topological polar surface area (TPSA) is 121 Å². The van der Waals surface area contributed by atoms with Gasteiger partial charge < -0.3 is 10.4 Å². The van der Waals surface area contributed by atoms with Gasteiger partial charge in [-0.1, -0.05) is 29.8 Å². The molecule has 168 valence electrons. The molecule has 3 aromatic rings. The molecule has 0 saturated carbocycles. The van der Waals surface area contributed by atoms with E-state index in [1.807, 2.05) is 32.0 Å². The maximum Gasteiger partial charge on any atom is 0.305 e. The molecular formula is C22H23ClN4O4S. The van der Waals surface area contributed by atoms with E-state index in [2.05, 4.69) is 20.0 Å². The van der Waals surface area contributed by atoms with Crippen LogP contribution in [0.2, 0.25) is 5.02 Å². The molecule has 1 aromatic carbocycles. The molecule has 0 aliphatic rings. The number of aliphatic carboxylic acids is 1. The standard InChI is InChI=1S/C22H23ClN4O4S/c1-13-5-4-6-14(2)21(13)22-17(23)7-8-18(26-22)27-32(30,31)16-9-10-24-19(12-16)25-15(3)11-20(28)29/h4-10,12,15H,11H2,1-3H3,(H,24,25)(H,26,27)(H,28,29). The van der Waals surface area contributed by atoms with Gasteiger partial charge in [0.2, 0.25) is 0 Å². The quantitative estimate of drug-likeness (QED) is 0.439. The number of hydrogen-bond donors (Lipinski definition) is 3. The van der Waals surface area contributed by atoms with E-state index in [9.17, 15) is 13.2 Å². The Labute approximate surface area is 191 Å². The third-order valence-corrected chi connectivity index (χ3v) is 6.38. The zero-order chi connectivity index (χ0) is 23.5. The molecule has 0 bridgehead atoms. The fourth-order valence-electron chi connectivity index (χ4n) is 3.28. The number of nitrogens with zero attached hydrogens (tertiary/aromatic N) is 2. The van der Waals surface area contributed by atoms with Crippen molar-refractivity contribution in [1.82, 2.24) is 9.97 Å². The van der Waals surface area contributed by atoms with E-state index in [1.54, 1.807) is 13.0 Å². The number of anilines is 2. The first-order valence-corrected chi connectivity index (χ1v) is 11.6. The number of carboxylic acids is 1. The van der Waals surface area contributed by atoms with E-state index in [1.165, 1.54) is 24.4 Å². The summed E-state index contributed by atoms with van der Waals surface area (Å²) >= 11 is 6.37. The molecule has 0 amide bonds. The van der Waals surface area contributed by atoms with Gasteiger partial charge in [0.15, 0.2) is 0 Å². The molecule has 0 spiro atoms. The smallest absolute Gasteiger partial charge is 0.305 e. The highest BCUT2D eigenvalue weighted by molar-refractivity contribution is 7.92. The Bertz CT molecular complexity index is 1240. The van der Waals surface area contributed by atoms with Crippen LogP contribution in [0.3, 0.4) is 0 Å². The number of rotatable bonds is 8. The summed E-state index contributed by atoms with van der Waals surface area (Å²) in [6.45, 7) is 5.55. The summed E-state index contributed by atoms with van der Waals surface area (Å²) in [5, 5.41) is 12.2. The summed E-state index contributed by atoms with van der Waals surface area (Å²) in [7, 11) is -3.98. The lowest BCUT2D eigenvalue weighted by Crippen LogP contribution is -2.20. The van der Waals surface area contributed by atoms with Gasteiger partial charge in [-0.2, -0.15) is 0 Å². The Hall–Kier alpha value is -3.17. The number of benzene rings is 1. The van der Waals surface area contributed by atoms with Gasteiger partial charge in [0, 0.05) is 23.9 Å². The van der Waals surface area contributed by atoms with Crippen LogP contribution in [0.1, 0.15) is 24.5 Å². The third-order valence-electron chi connectivity index (χ3n) is 4.72. The molecule has 3 N–H and O–H groups in total. The highest BCUT2D eigenvalue weighted by Crippen LogP contribution is 2.32. The number of carbonyl (C=O) groups is 1. The van der Waals surface area contributed by atoms with Crippen molar-refractivity contribution in [2.75, 3.05) is 10.0 Å². The van der Waals surface area contributed by atoms with Crippen molar-refractivity contribution in [3.05, 3.63) is 64.8 Å². The fraction of sp³-hybridized carbons (Fsp3) is 0.227. The number of hydrogen-bond acceptors (Lipinski definition) is 6. The number of nitrogens with one attached hydrogen (secondary N) is 2. The van der Waals surface area contributed by atoms with Crippen molar-refractivity contribution in [1.29, 1.82) is 0 Å². The molecule has 10 heteroatoms. The average Bonchev–Trinajstić information content (AvgIpc) is 2.69. The number of aryl methyl sites for hydroxylation is 2. The Morgan fingerprint density at radius 3 is 2.47 bits per heavy atom. The van der Waals surface area contributed by atoms with E-state index in [4.69, 9.17) is 16.7 Å². The van der Waals surface area contributed by atoms with Gasteiger partial charge in [0.05, 0.1) is 22.0 Å². The van der Waals surface area contributed by atoms with Crippen molar-refractivity contribution >= 4 is 39.2 Å². The number of carboxylic acid groups (broad SMARTS) is 1. The van der Waals surface area contributed by atoms with Crippen molar-refractivity contribution in [2.45, 2.75) is 38.1 Å². The summed E-state index contributed by atoms with van der Waals surface area (Å²) in [5.41, 5.74) is 3.28. The molecule has 8 nitrogen and oxygen atoms in total. The maximum absolute atomic E-state index is 13.0. The SMILES string of the molecule is Cc1cccc(C)c1-c1nc(NS(=O)(=O)c2ccnc(NC(C)CC(=O)O)c2)ccc1Cl. The molecule has 0 fully saturated rings. The molecule has 1 unspecified atom stereocenters. The highest BCUT2D eigenvalue weighted by Gasteiger charge is 2.19. The Balaban J connectivity index is 1.89. The van der Waals surface area contributed by atoms with Gasteiger partial charge in [0.25, 0.3) is 10.0 Å². The molecule has 0 aliphatic carbocycles. The molecule has 0 aliphatic heterocycles. The number of sulfonamides is 1. The molecule has 3 rings (SSSR count). The summed E-state index contributed by atoms with van der Waals surface area (Å²) in [6.07, 6.45) is 1.20. The fourth-order valence-corrected chi connectivity index (χ4v) is 4.49. The van der Waals surface area contributed by atoms with Crippen LogP contribution < -0.4 is 10.0 Å². The number of pyridine rings is 2. The lowest BCUT2D eigenvalue weighted by Gasteiger charge is -2.15. The second kappa shape index (κ2) is 9.54. The summed E-state index contributed by atoms with van der Waals surface area (Å²) in [4.78, 5) is 19.3. The van der Waals surface area contributed by atoms with Crippen molar-refractivity contribution in [3.63, 3.8) is 0 Å². The molecule has 2 aromatic heterocycles. The first-order chi connectivity index (χ1) is 15.1. The largest absolute Gasteiger partial charge is 0.481 e. The van der Waals surface area contributed by atoms with Crippen molar-refractivity contribution in [2.24, 2.45) is 0 Å². The van der Waals surface area contributed by atoms with E-state index >= 15 is 0 Å². The summed E-state index contributed by atoms with van der Waals surface area (Å²) in [6, 6.07) is 11.2. The van der Waals surface area contributed by atoms with Crippen LogP contribution in [-0.4, -0.2) is 35.5 Å². The normalized spacial score (nSPS) is 12.2. The van der Waals surface area contributed by atoms with E-state index in [-0.39, 0.29) is 23.0 Å². The van der Waals surface area contributed by atoms with Gasteiger partial charge >= 0.3 is 5.97 Å². The monoisotopic (exact) mass is 474 g/mol. The Kier molecular flexibility index (Phi) is 7.00. The molecular weight excluding hydrogens is 452 g/mol. The Morgan fingerprint density at radius 1 is 1.12 bits per heavy atom. The van der Waals surface area contributed by atoms with Crippen LogP contribution in [0.25, 0.3) is 11.3 Å². The number of aromatic nitrogens is 2. The third kappa shape index (κ3) is 5.54. The van der Waals surface area contributed by atoms with Gasteiger partial charge in [-0.05, 0) is 50.1 Å². The molecule has 32 heavy (non-hydrogen) atoms. The van der Waals surface area contributed by atoms with Gasteiger partial charge in [-0.25, -0.2) is 18.4 Å². The Morgan fingerprint density at radius 2 is 1.81 bits per heavy atom. The lowest BCUT2D eigenvalue weighted by atomic mass is 9.99. The van der Waals surface area contributed by atoms with Crippen LogP contribution in [-0.2, 0) is 14.8 Å². The predicted molar refractivity (Wildman–Crippen MR) is 125 cm³/mol. The van der Waals surface area contributed by atoms with Crippen LogP contribution in [0.15, 0.2) is 53.6 Å². The highest BCUT2D eigenvalue weighted by atomic mass is 35.5. The van der Waals surface area contributed by atoms with Gasteiger partial charge in [-0.15, -0.1) is 0 Å². The summed E-state index contributed by atoms with van der Waals surface area (Å²) < 4.78 is 28.4. The first kappa shape index (κ1) is 23.5. The van der Waals surface area contributed by atoms with Gasteiger partial charge in [0.1, 0.15) is 11.6 Å². The lowest BCUT2D eigenvalue weighted by molar-refractivity contribution is -0.137. The van der Waals surface area contributed by atoms with Crippen LogP contribution in [0.4, 0.5) is 11.6 Å². The van der Waals surface area contributed by atoms with E-state index < -0.39 is 22.0 Å². The minimum Gasteiger partial charge on any atom is -0.481 e. The molecule has 0 saturated heterocycles. The average molecular weight is 475 g/mol. The second-order valence-electron chi connectivity index (χ2n) is 7.42. The summed E-state index contributed by atoms with van der Waals surface area (Å²) in [5.74, 6) is -0.594. The van der Waals surface area contributed by atoms with Crippen LogP contribution in [0, 0.1) is 13.8 Å². The van der Waals surface area contributed by atoms with Crippen molar-refractivity contribution in [3.8, 4) is 11.3 Å². The van der Waals surface area contributed by atoms with E-state index in [0.717, 1.165) is 16.7 Å². The van der Waals surface area contributed by atoms with Crippen LogP contribution >= 0.6 is 11.6 Å². The molecule has 0 radical (unpaired) electrons. The first-order valence-electron chi connectivity index (χ1n) is 9.77. The molecule has 2 heterocycles. The zero-order valence-electron chi connectivity index (χ0n) is 17.8. The predicted octanol–water partition coefficient (Wildman–Crippen LogP) is 4.49. The van der Waals surface area contributed by atoms with Gasteiger partial charge in [-0.3, -0.25) is 9.52 Å². The minimum atomic E-state index is -3.98. The van der Waals surface area contributed by atoms with E-state index in [0.29, 0.717) is 10.7 Å². The zero-order valence-corrected chi connectivity index (χ0v) is 19.3. The number of halogens is 1. The minimum absolute atomic E-state index is 0.0390. The molecule has 1 atom stereocenters. The second-order valence-corrected chi connectivity index (χ2v) is 9.51. The van der Waals surface area contributed by atoms with Crippen LogP contribution in [0.5, 0.6) is 0 Å². The van der Waals surface area contributed by atoms with Crippen molar-refractivity contribution < 1.29 is 18.3 Å².